The van der Waals surface area contributed by atoms with E-state index in [-0.39, 0.29) is 31.7 Å². The first-order valence-electron chi connectivity index (χ1n) is 10.9. The van der Waals surface area contributed by atoms with Crippen molar-refractivity contribution in [3.8, 4) is 0 Å². The van der Waals surface area contributed by atoms with Crippen molar-refractivity contribution in [1.29, 1.82) is 0 Å². The molecule has 0 N–H and O–H groups in total. The number of furan rings is 1. The first-order valence-corrected chi connectivity index (χ1v) is 10.9. The largest absolute Gasteiger partial charge is 0.464 e. The molecule has 0 aliphatic heterocycles. The number of nitrogens with zero attached hydrogens (tertiary/aromatic N) is 4. The summed E-state index contributed by atoms with van der Waals surface area (Å²) in [6.45, 7) is 5.36. The SMILES string of the molecule is C=CCN(CC(=O)N(Cc1ccccc1)Cc1ccc(C)o1)C(=O)c1cc([N+](=O)[O-])cc([N+](=O)[O-])c1. The summed E-state index contributed by atoms with van der Waals surface area (Å²) in [5.74, 6) is 0.0621. The number of rotatable bonds is 11. The first-order chi connectivity index (χ1) is 17.2. The molecule has 186 valence electrons. The Morgan fingerprint density at radius 1 is 0.944 bits per heavy atom. The van der Waals surface area contributed by atoms with E-state index in [1.807, 2.05) is 30.3 Å². The Hall–Kier alpha value is -4.80. The number of aryl methyl sites for hydroxylation is 1. The second kappa shape index (κ2) is 11.6. The van der Waals surface area contributed by atoms with Crippen LogP contribution in [0.3, 0.4) is 0 Å². The third kappa shape index (κ3) is 6.63. The molecule has 0 saturated heterocycles. The van der Waals surface area contributed by atoms with Crippen molar-refractivity contribution in [2.45, 2.75) is 20.0 Å². The quantitative estimate of drug-likeness (QED) is 0.221. The minimum Gasteiger partial charge on any atom is -0.464 e. The van der Waals surface area contributed by atoms with Gasteiger partial charge < -0.3 is 14.2 Å². The minimum absolute atomic E-state index is 0.0555. The van der Waals surface area contributed by atoms with Gasteiger partial charge in [-0.2, -0.15) is 0 Å². The Morgan fingerprint density at radius 3 is 2.11 bits per heavy atom. The Kier molecular flexibility index (Phi) is 8.29. The Bertz CT molecular complexity index is 1250. The highest BCUT2D eigenvalue weighted by molar-refractivity contribution is 5.97. The van der Waals surface area contributed by atoms with Gasteiger partial charge in [-0.25, -0.2) is 0 Å². The topological polar surface area (TPSA) is 140 Å². The molecule has 0 saturated carbocycles. The van der Waals surface area contributed by atoms with Gasteiger partial charge in [0.25, 0.3) is 17.3 Å². The average molecular weight is 492 g/mol. The lowest BCUT2D eigenvalue weighted by molar-refractivity contribution is -0.394. The van der Waals surface area contributed by atoms with Gasteiger partial charge in [-0.15, -0.1) is 6.58 Å². The molecule has 36 heavy (non-hydrogen) atoms. The maximum absolute atomic E-state index is 13.4. The van der Waals surface area contributed by atoms with Gasteiger partial charge in [0.05, 0.1) is 28.0 Å². The van der Waals surface area contributed by atoms with Crippen molar-refractivity contribution in [3.63, 3.8) is 0 Å². The number of nitro benzene ring substituents is 2. The van der Waals surface area contributed by atoms with Crippen LogP contribution in [0.2, 0.25) is 0 Å². The number of nitro groups is 2. The van der Waals surface area contributed by atoms with E-state index in [9.17, 15) is 29.8 Å². The highest BCUT2D eigenvalue weighted by atomic mass is 16.6. The molecule has 2 amide bonds. The monoisotopic (exact) mass is 492 g/mol. The van der Waals surface area contributed by atoms with Gasteiger partial charge in [0.2, 0.25) is 5.91 Å². The summed E-state index contributed by atoms with van der Waals surface area (Å²) in [4.78, 5) is 50.1. The molecule has 0 unspecified atom stereocenters. The van der Waals surface area contributed by atoms with E-state index in [1.54, 1.807) is 19.1 Å². The van der Waals surface area contributed by atoms with E-state index in [1.165, 1.54) is 11.0 Å². The molecule has 0 spiro atoms. The van der Waals surface area contributed by atoms with Crippen LogP contribution in [0.4, 0.5) is 11.4 Å². The van der Waals surface area contributed by atoms with Crippen LogP contribution in [0, 0.1) is 27.2 Å². The molecule has 3 aromatic rings. The molecular formula is C25H24N4O7. The molecule has 0 radical (unpaired) electrons. The zero-order chi connectivity index (χ0) is 26.2. The van der Waals surface area contributed by atoms with Gasteiger partial charge in [-0.05, 0) is 24.6 Å². The second-order valence-corrected chi connectivity index (χ2v) is 7.97. The lowest BCUT2D eigenvalue weighted by Crippen LogP contribution is -2.42. The maximum atomic E-state index is 13.4. The zero-order valence-electron chi connectivity index (χ0n) is 19.5. The van der Waals surface area contributed by atoms with Crippen molar-refractivity contribution in [3.05, 3.63) is 116 Å². The Morgan fingerprint density at radius 2 is 1.58 bits per heavy atom. The molecule has 0 atom stereocenters. The summed E-state index contributed by atoms with van der Waals surface area (Å²) in [6, 6.07) is 15.5. The van der Waals surface area contributed by atoms with Gasteiger partial charge >= 0.3 is 0 Å². The normalized spacial score (nSPS) is 10.5. The summed E-state index contributed by atoms with van der Waals surface area (Å²) in [5.41, 5.74) is -0.612. The summed E-state index contributed by atoms with van der Waals surface area (Å²) in [6.07, 6.45) is 1.40. The van der Waals surface area contributed by atoms with Gasteiger partial charge in [-0.3, -0.25) is 29.8 Å². The zero-order valence-corrected chi connectivity index (χ0v) is 19.5. The smallest absolute Gasteiger partial charge is 0.277 e. The predicted octanol–water partition coefficient (Wildman–Crippen LogP) is 4.26. The van der Waals surface area contributed by atoms with Crippen LogP contribution in [0.5, 0.6) is 0 Å². The van der Waals surface area contributed by atoms with Crippen molar-refractivity contribution in [2.75, 3.05) is 13.1 Å². The predicted molar refractivity (Wildman–Crippen MR) is 130 cm³/mol. The fourth-order valence-corrected chi connectivity index (χ4v) is 3.54. The fraction of sp³-hybridized carbons (Fsp3) is 0.200. The number of non-ortho nitro benzene ring substituents is 2. The maximum Gasteiger partial charge on any atom is 0.277 e. The molecule has 0 aliphatic carbocycles. The lowest BCUT2D eigenvalue weighted by atomic mass is 10.1. The number of amides is 2. The second-order valence-electron chi connectivity index (χ2n) is 7.97. The number of hydrogen-bond donors (Lipinski definition) is 0. The van der Waals surface area contributed by atoms with E-state index >= 15 is 0 Å². The van der Waals surface area contributed by atoms with E-state index in [4.69, 9.17) is 4.42 Å². The fourth-order valence-electron chi connectivity index (χ4n) is 3.54. The highest BCUT2D eigenvalue weighted by Gasteiger charge is 2.26. The van der Waals surface area contributed by atoms with Crippen LogP contribution < -0.4 is 0 Å². The number of hydrogen-bond acceptors (Lipinski definition) is 7. The van der Waals surface area contributed by atoms with Gasteiger partial charge in [0.15, 0.2) is 0 Å². The molecule has 0 bridgehead atoms. The number of carbonyl (C=O) groups is 2. The molecule has 0 aliphatic rings. The van der Waals surface area contributed by atoms with Crippen LogP contribution in [-0.2, 0) is 17.9 Å². The molecule has 1 heterocycles. The van der Waals surface area contributed by atoms with Crippen molar-refractivity contribution in [1.82, 2.24) is 9.80 Å². The molecule has 0 fully saturated rings. The summed E-state index contributed by atoms with van der Waals surface area (Å²) in [5, 5.41) is 22.5. The molecule has 2 aromatic carbocycles. The molecule has 11 heteroatoms. The van der Waals surface area contributed by atoms with Gasteiger partial charge in [-0.1, -0.05) is 36.4 Å². The molecule has 11 nitrogen and oxygen atoms in total. The standard InChI is InChI=1S/C25H24N4O7/c1-3-11-26(25(31)20-12-21(28(32)33)14-22(13-20)29(34)35)17-24(30)27(15-19-7-5-4-6-8-19)16-23-10-9-18(2)36-23/h3-10,12-14H,1,11,15-17H2,2H3. The summed E-state index contributed by atoms with van der Waals surface area (Å²) >= 11 is 0. The average Bonchev–Trinajstić information content (AvgIpc) is 3.27. The Labute approximate surface area is 206 Å². The highest BCUT2D eigenvalue weighted by Crippen LogP contribution is 2.24. The Balaban J connectivity index is 1.88. The van der Waals surface area contributed by atoms with E-state index in [0.29, 0.717) is 11.5 Å². The third-order valence-electron chi connectivity index (χ3n) is 5.25. The lowest BCUT2D eigenvalue weighted by Gasteiger charge is -2.27. The van der Waals surface area contributed by atoms with Crippen LogP contribution in [0.25, 0.3) is 0 Å². The van der Waals surface area contributed by atoms with Gasteiger partial charge in [0.1, 0.15) is 18.1 Å². The first kappa shape index (κ1) is 25.8. The summed E-state index contributed by atoms with van der Waals surface area (Å²) in [7, 11) is 0. The van der Waals surface area contributed by atoms with E-state index in [0.717, 1.165) is 28.7 Å². The van der Waals surface area contributed by atoms with Crippen molar-refractivity contribution >= 4 is 23.2 Å². The van der Waals surface area contributed by atoms with Crippen LogP contribution >= 0.6 is 0 Å². The summed E-state index contributed by atoms with van der Waals surface area (Å²) < 4.78 is 5.62. The van der Waals surface area contributed by atoms with Crippen LogP contribution in [-0.4, -0.2) is 44.6 Å². The third-order valence-corrected chi connectivity index (χ3v) is 5.25. The van der Waals surface area contributed by atoms with E-state index < -0.39 is 33.0 Å². The number of benzene rings is 2. The number of carbonyl (C=O) groups excluding carboxylic acids is 2. The van der Waals surface area contributed by atoms with Crippen molar-refractivity contribution < 1.29 is 23.9 Å². The van der Waals surface area contributed by atoms with Crippen LogP contribution in [0.1, 0.15) is 27.4 Å². The van der Waals surface area contributed by atoms with Crippen molar-refractivity contribution in [2.24, 2.45) is 0 Å². The van der Waals surface area contributed by atoms with Crippen LogP contribution in [0.15, 0.2) is 77.7 Å². The molecular weight excluding hydrogens is 468 g/mol. The minimum atomic E-state index is -0.820. The van der Waals surface area contributed by atoms with Gasteiger partial charge in [0, 0.05) is 25.2 Å². The van der Waals surface area contributed by atoms with E-state index in [2.05, 4.69) is 6.58 Å². The molecule has 3 rings (SSSR count). The molecule has 1 aromatic heterocycles.